The van der Waals surface area contributed by atoms with Crippen LogP contribution in [-0.2, 0) is 4.74 Å². The van der Waals surface area contributed by atoms with Gasteiger partial charge in [-0.25, -0.2) is 9.80 Å². The Morgan fingerprint density at radius 2 is 2.30 bits per heavy atom. The Hall–Kier alpha value is -2.74. The second kappa shape index (κ2) is 7.50. The van der Waals surface area contributed by atoms with Crippen LogP contribution in [-0.4, -0.2) is 47.2 Å². The Bertz CT molecular complexity index is 644. The number of guanidine groups is 1. The predicted octanol–water partition coefficient (Wildman–Crippen LogP) is 1.34. The van der Waals surface area contributed by atoms with Crippen molar-refractivity contribution in [3.63, 3.8) is 0 Å². The van der Waals surface area contributed by atoms with Gasteiger partial charge in [-0.2, -0.15) is 5.10 Å². The fourth-order valence-corrected chi connectivity index (χ4v) is 2.13. The molecule has 1 amide bonds. The molecule has 0 bridgehead atoms. The third-order valence-corrected chi connectivity index (χ3v) is 3.30. The highest BCUT2D eigenvalue weighted by Crippen LogP contribution is 2.17. The summed E-state index contributed by atoms with van der Waals surface area (Å²) in [4.78, 5) is 11.7. The maximum Gasteiger partial charge on any atom is 0.408 e. The lowest BCUT2D eigenvalue weighted by atomic mass is 10.0. The van der Waals surface area contributed by atoms with Crippen LogP contribution in [0.2, 0.25) is 5.02 Å². The molecule has 122 valence electrons. The van der Waals surface area contributed by atoms with Gasteiger partial charge in [0, 0.05) is 10.6 Å². The lowest BCUT2D eigenvalue weighted by Crippen LogP contribution is -2.44. The Kier molecular flexibility index (Phi) is 5.42. The van der Waals surface area contributed by atoms with Crippen LogP contribution in [0.25, 0.3) is 0 Å². The molecule has 1 heterocycles. The van der Waals surface area contributed by atoms with Crippen LogP contribution in [0.3, 0.4) is 0 Å². The first kappa shape index (κ1) is 16.6. The van der Waals surface area contributed by atoms with Crippen molar-refractivity contribution in [2.75, 3.05) is 13.2 Å². The van der Waals surface area contributed by atoms with E-state index in [0.29, 0.717) is 10.7 Å². The summed E-state index contributed by atoms with van der Waals surface area (Å²) in [6, 6.07) is 6.45. The fourth-order valence-electron chi connectivity index (χ4n) is 2.01. The molecule has 1 aliphatic rings. The van der Waals surface area contributed by atoms with E-state index in [-0.39, 0.29) is 19.1 Å². The molecule has 0 saturated heterocycles. The summed E-state index contributed by atoms with van der Waals surface area (Å²) in [5.74, 6) is -0.180. The highest BCUT2D eigenvalue weighted by Gasteiger charge is 2.31. The van der Waals surface area contributed by atoms with Crippen molar-refractivity contribution in [1.29, 1.82) is 0 Å². The molecule has 0 aromatic heterocycles. The summed E-state index contributed by atoms with van der Waals surface area (Å²) >= 11 is 5.88. The van der Waals surface area contributed by atoms with E-state index in [1.54, 1.807) is 24.3 Å². The van der Waals surface area contributed by atoms with Gasteiger partial charge in [-0.1, -0.05) is 36.4 Å². The number of nitrogens with zero attached hydrogens (tertiary/aromatic N) is 3. The minimum absolute atomic E-state index is 0.0932. The molecule has 1 unspecified atom stereocenters. The van der Waals surface area contributed by atoms with Crippen LogP contribution in [0.15, 0.2) is 47.2 Å². The summed E-state index contributed by atoms with van der Waals surface area (Å²) < 4.78 is 4.90. The number of alkyl carbamates (subject to hydrolysis) is 1. The minimum atomic E-state index is -0.613. The van der Waals surface area contributed by atoms with Gasteiger partial charge in [-0.3, -0.25) is 0 Å². The highest BCUT2D eigenvalue weighted by molar-refractivity contribution is 6.30. The summed E-state index contributed by atoms with van der Waals surface area (Å²) in [5, 5.41) is 20.5. The summed E-state index contributed by atoms with van der Waals surface area (Å²) in [6.45, 7) is 3.77. The van der Waals surface area contributed by atoms with E-state index in [2.05, 4.69) is 22.2 Å². The maximum absolute atomic E-state index is 11.7. The van der Waals surface area contributed by atoms with Crippen LogP contribution in [0, 0.1) is 0 Å². The van der Waals surface area contributed by atoms with Crippen LogP contribution in [0.1, 0.15) is 5.56 Å². The zero-order valence-corrected chi connectivity index (χ0v) is 12.9. The molecule has 1 aliphatic heterocycles. The Balaban J connectivity index is 2.22. The number of rotatable bonds is 4. The summed E-state index contributed by atoms with van der Waals surface area (Å²) in [7, 11) is 0. The fraction of sp³-hybridized carbons (Fsp3) is 0.214. The predicted molar refractivity (Wildman–Crippen MR) is 86.6 cm³/mol. The lowest BCUT2D eigenvalue weighted by molar-refractivity contribution is 0.156. The number of ether oxygens (including phenoxy) is 1. The largest absolute Gasteiger partial charge is 0.445 e. The van der Waals surface area contributed by atoms with Crippen molar-refractivity contribution in [3.8, 4) is 0 Å². The van der Waals surface area contributed by atoms with Gasteiger partial charge >= 0.3 is 6.09 Å². The van der Waals surface area contributed by atoms with E-state index in [4.69, 9.17) is 27.3 Å². The quantitative estimate of drug-likeness (QED) is 0.252. The molecule has 1 atom stereocenters. The molecule has 0 fully saturated rings. The van der Waals surface area contributed by atoms with E-state index < -0.39 is 12.1 Å². The molecule has 1 aromatic carbocycles. The Morgan fingerprint density at radius 1 is 1.61 bits per heavy atom. The molecular formula is C14H16ClN5O3. The summed E-state index contributed by atoms with van der Waals surface area (Å²) in [6.07, 6.45) is 0.850. The standard InChI is InChI=1S/C14H16ClN5O3/c1-2-7-23-14(21)17-11-8-20(13(16)19-22)18-12(11)9-3-5-10(15)6-4-9/h2-6,11,22H,1,7-8H2,(H2,16,19)(H,17,21). The van der Waals surface area contributed by atoms with Gasteiger partial charge in [0.25, 0.3) is 5.96 Å². The molecule has 0 spiro atoms. The monoisotopic (exact) mass is 337 g/mol. The number of oxime groups is 1. The van der Waals surface area contributed by atoms with Gasteiger partial charge in [0.1, 0.15) is 6.61 Å². The van der Waals surface area contributed by atoms with Crippen molar-refractivity contribution >= 4 is 29.4 Å². The first-order valence-corrected chi connectivity index (χ1v) is 7.06. The Labute approximate surface area is 137 Å². The van der Waals surface area contributed by atoms with Crippen LogP contribution >= 0.6 is 11.6 Å². The maximum atomic E-state index is 11.7. The molecule has 23 heavy (non-hydrogen) atoms. The van der Waals surface area contributed by atoms with Gasteiger partial charge in [-0.15, -0.1) is 0 Å². The second-order valence-electron chi connectivity index (χ2n) is 4.62. The molecule has 4 N–H and O–H groups in total. The molecule has 8 nitrogen and oxygen atoms in total. The average molecular weight is 338 g/mol. The summed E-state index contributed by atoms with van der Waals surface area (Å²) in [5.41, 5.74) is 6.85. The minimum Gasteiger partial charge on any atom is -0.445 e. The third-order valence-electron chi connectivity index (χ3n) is 3.05. The molecule has 0 radical (unpaired) electrons. The number of nitrogens with two attached hydrogens (primary N) is 1. The van der Waals surface area contributed by atoms with Crippen LogP contribution in [0.4, 0.5) is 4.79 Å². The molecule has 9 heteroatoms. The third kappa shape index (κ3) is 4.13. The number of carbonyl (C=O) groups is 1. The van der Waals surface area contributed by atoms with Crippen molar-refractivity contribution in [2.45, 2.75) is 6.04 Å². The van der Waals surface area contributed by atoms with Crippen molar-refractivity contribution < 1.29 is 14.7 Å². The van der Waals surface area contributed by atoms with E-state index in [1.807, 2.05) is 0 Å². The van der Waals surface area contributed by atoms with Gasteiger partial charge in [0.05, 0.1) is 18.3 Å². The van der Waals surface area contributed by atoms with Gasteiger partial charge < -0.3 is 21.0 Å². The van der Waals surface area contributed by atoms with E-state index in [1.165, 1.54) is 11.1 Å². The molecular weight excluding hydrogens is 322 g/mol. The number of hydrogen-bond acceptors (Lipinski definition) is 5. The number of hydrogen-bond donors (Lipinski definition) is 3. The molecule has 0 saturated carbocycles. The molecule has 0 aliphatic carbocycles. The van der Waals surface area contributed by atoms with E-state index >= 15 is 0 Å². The number of benzene rings is 1. The zero-order valence-electron chi connectivity index (χ0n) is 12.1. The second-order valence-corrected chi connectivity index (χ2v) is 5.05. The van der Waals surface area contributed by atoms with Gasteiger partial charge in [0.15, 0.2) is 0 Å². The number of amides is 1. The number of hydrazone groups is 1. The van der Waals surface area contributed by atoms with Gasteiger partial charge in [0.2, 0.25) is 0 Å². The first-order chi connectivity index (χ1) is 11.0. The lowest BCUT2D eigenvalue weighted by Gasteiger charge is -2.15. The zero-order chi connectivity index (χ0) is 16.8. The van der Waals surface area contributed by atoms with Crippen molar-refractivity contribution in [1.82, 2.24) is 10.3 Å². The number of carbonyl (C=O) groups excluding carboxylic acids is 1. The number of halogens is 1. The van der Waals surface area contributed by atoms with Crippen LogP contribution < -0.4 is 11.1 Å². The van der Waals surface area contributed by atoms with E-state index in [9.17, 15) is 4.79 Å². The topological polar surface area (TPSA) is 113 Å². The van der Waals surface area contributed by atoms with Gasteiger partial charge in [-0.05, 0) is 17.3 Å². The van der Waals surface area contributed by atoms with Crippen molar-refractivity contribution in [2.24, 2.45) is 16.0 Å². The molecule has 1 aromatic rings. The Morgan fingerprint density at radius 3 is 2.91 bits per heavy atom. The molecule has 2 rings (SSSR count). The highest BCUT2D eigenvalue weighted by atomic mass is 35.5. The van der Waals surface area contributed by atoms with Crippen LogP contribution in [0.5, 0.6) is 0 Å². The van der Waals surface area contributed by atoms with E-state index in [0.717, 1.165) is 5.56 Å². The smallest absolute Gasteiger partial charge is 0.408 e. The normalized spacial score (nSPS) is 17.6. The SMILES string of the molecule is C=CCOC(=O)NC1CN(/C(N)=N/O)N=C1c1ccc(Cl)cc1. The van der Waals surface area contributed by atoms with Crippen molar-refractivity contribution in [3.05, 3.63) is 47.5 Å². The first-order valence-electron chi connectivity index (χ1n) is 6.69. The number of nitrogens with one attached hydrogen (secondary N) is 1. The average Bonchev–Trinajstić information content (AvgIpc) is 2.96.